The summed E-state index contributed by atoms with van der Waals surface area (Å²) in [5.41, 5.74) is 8.27. The van der Waals surface area contributed by atoms with Gasteiger partial charge in [0.2, 0.25) is 5.95 Å². The van der Waals surface area contributed by atoms with Crippen molar-refractivity contribution in [2.45, 2.75) is 19.3 Å². The van der Waals surface area contributed by atoms with Gasteiger partial charge in [0.15, 0.2) is 0 Å². The van der Waals surface area contributed by atoms with Crippen LogP contribution in [0.2, 0.25) is 0 Å². The third-order valence-corrected chi connectivity index (χ3v) is 3.07. The van der Waals surface area contributed by atoms with Crippen LogP contribution in [0.25, 0.3) is 0 Å². The molecule has 1 heterocycles. The molecule has 2 N–H and O–H groups in total. The Balaban J connectivity index is 1.86. The van der Waals surface area contributed by atoms with Gasteiger partial charge in [-0.3, -0.25) is 0 Å². The van der Waals surface area contributed by atoms with Gasteiger partial charge in [-0.05, 0) is 42.5 Å². The van der Waals surface area contributed by atoms with E-state index in [9.17, 15) is 0 Å². The molecule has 19 heavy (non-hydrogen) atoms. The van der Waals surface area contributed by atoms with E-state index in [-0.39, 0.29) is 18.0 Å². The number of fused-ring (bicyclic) bond motifs is 1. The van der Waals surface area contributed by atoms with Gasteiger partial charge in [0.05, 0.1) is 7.11 Å². The summed E-state index contributed by atoms with van der Waals surface area (Å²) in [5.74, 6) is 0.774. The number of methoxy groups -OCH3 is 1. The molecule has 1 aromatic heterocycles. The fourth-order valence-corrected chi connectivity index (χ4v) is 2.21. The Kier molecular flexibility index (Phi) is 2.91. The van der Waals surface area contributed by atoms with Crippen molar-refractivity contribution in [3.05, 3.63) is 29.3 Å². The lowest BCUT2D eigenvalue weighted by Crippen LogP contribution is -2.02. The molecule has 0 radical (unpaired) electrons. The van der Waals surface area contributed by atoms with Crippen LogP contribution in [0.5, 0.6) is 17.8 Å². The second kappa shape index (κ2) is 4.72. The fourth-order valence-electron chi connectivity index (χ4n) is 2.21. The van der Waals surface area contributed by atoms with Crippen LogP contribution in [-0.2, 0) is 12.8 Å². The lowest BCUT2D eigenvalue weighted by Gasteiger charge is -2.07. The molecule has 0 spiro atoms. The fraction of sp³-hybridized carbons (Fsp3) is 0.308. The number of rotatable bonds is 3. The predicted molar refractivity (Wildman–Crippen MR) is 69.3 cm³/mol. The van der Waals surface area contributed by atoms with E-state index in [0.717, 1.165) is 12.8 Å². The van der Waals surface area contributed by atoms with Crippen molar-refractivity contribution in [1.29, 1.82) is 0 Å². The van der Waals surface area contributed by atoms with Crippen molar-refractivity contribution in [2.24, 2.45) is 0 Å². The number of nitrogen functional groups attached to an aromatic ring is 1. The van der Waals surface area contributed by atoms with Crippen LogP contribution in [0.4, 0.5) is 5.95 Å². The molecule has 0 bridgehead atoms. The van der Waals surface area contributed by atoms with E-state index in [4.69, 9.17) is 15.2 Å². The highest BCUT2D eigenvalue weighted by atomic mass is 16.5. The lowest BCUT2D eigenvalue weighted by atomic mass is 10.1. The zero-order chi connectivity index (χ0) is 13.2. The molecule has 1 aliphatic carbocycles. The first-order valence-corrected chi connectivity index (χ1v) is 6.10. The molecule has 3 rings (SSSR count). The molecule has 0 unspecified atom stereocenters. The van der Waals surface area contributed by atoms with E-state index in [1.807, 2.05) is 12.1 Å². The van der Waals surface area contributed by atoms with E-state index in [0.29, 0.717) is 5.75 Å². The van der Waals surface area contributed by atoms with Gasteiger partial charge in [0.25, 0.3) is 0 Å². The Hall–Kier alpha value is -2.37. The van der Waals surface area contributed by atoms with Crippen LogP contribution < -0.4 is 15.2 Å². The molecule has 0 fully saturated rings. The zero-order valence-corrected chi connectivity index (χ0v) is 10.6. The molecule has 1 aromatic carbocycles. The van der Waals surface area contributed by atoms with E-state index < -0.39 is 0 Å². The third-order valence-electron chi connectivity index (χ3n) is 3.07. The predicted octanol–water partition coefficient (Wildman–Crippen LogP) is 1.74. The number of hydrogen-bond acceptors (Lipinski definition) is 6. The van der Waals surface area contributed by atoms with Crippen LogP contribution in [0.1, 0.15) is 17.5 Å². The van der Waals surface area contributed by atoms with Crippen molar-refractivity contribution < 1.29 is 9.47 Å². The summed E-state index contributed by atoms with van der Waals surface area (Å²) < 4.78 is 10.5. The average molecular weight is 258 g/mol. The maximum Gasteiger partial charge on any atom is 0.330 e. The summed E-state index contributed by atoms with van der Waals surface area (Å²) in [6.45, 7) is 0. The summed E-state index contributed by atoms with van der Waals surface area (Å²) in [7, 11) is 1.47. The lowest BCUT2D eigenvalue weighted by molar-refractivity contribution is 0.360. The van der Waals surface area contributed by atoms with Crippen LogP contribution in [-0.4, -0.2) is 22.1 Å². The van der Waals surface area contributed by atoms with E-state index in [2.05, 4.69) is 21.0 Å². The van der Waals surface area contributed by atoms with Crippen LogP contribution in [0, 0.1) is 0 Å². The van der Waals surface area contributed by atoms with Gasteiger partial charge in [-0.25, -0.2) is 0 Å². The van der Waals surface area contributed by atoms with Crippen molar-refractivity contribution in [2.75, 3.05) is 12.8 Å². The highest BCUT2D eigenvalue weighted by molar-refractivity contribution is 5.39. The van der Waals surface area contributed by atoms with Gasteiger partial charge in [0, 0.05) is 0 Å². The minimum atomic E-state index is 0.0722. The maximum atomic E-state index is 5.60. The van der Waals surface area contributed by atoms with Crippen molar-refractivity contribution in [3.63, 3.8) is 0 Å². The first-order chi connectivity index (χ1) is 9.24. The summed E-state index contributed by atoms with van der Waals surface area (Å²) in [4.78, 5) is 11.7. The monoisotopic (exact) mass is 258 g/mol. The van der Waals surface area contributed by atoms with E-state index in [1.165, 1.54) is 24.7 Å². The van der Waals surface area contributed by atoms with Crippen LogP contribution in [0.15, 0.2) is 18.2 Å². The van der Waals surface area contributed by atoms with Gasteiger partial charge >= 0.3 is 12.0 Å². The van der Waals surface area contributed by atoms with Gasteiger partial charge in [-0.15, -0.1) is 4.98 Å². The van der Waals surface area contributed by atoms with Crippen LogP contribution in [0.3, 0.4) is 0 Å². The van der Waals surface area contributed by atoms with E-state index >= 15 is 0 Å². The SMILES string of the molecule is COc1nc(N)nc(Oc2ccc3c(c2)CCC3)n1. The highest BCUT2D eigenvalue weighted by Gasteiger charge is 2.13. The van der Waals surface area contributed by atoms with Crippen molar-refractivity contribution in [3.8, 4) is 17.8 Å². The molecule has 0 saturated carbocycles. The number of aromatic nitrogens is 3. The zero-order valence-electron chi connectivity index (χ0n) is 10.6. The normalized spacial score (nSPS) is 13.1. The largest absolute Gasteiger partial charge is 0.467 e. The molecule has 0 amide bonds. The minimum absolute atomic E-state index is 0.0722. The second-order valence-electron chi connectivity index (χ2n) is 4.35. The minimum Gasteiger partial charge on any atom is -0.467 e. The van der Waals surface area contributed by atoms with Gasteiger partial charge in [-0.2, -0.15) is 9.97 Å². The van der Waals surface area contributed by atoms with Crippen molar-refractivity contribution in [1.82, 2.24) is 15.0 Å². The van der Waals surface area contributed by atoms with Gasteiger partial charge < -0.3 is 15.2 Å². The Bertz CT molecular complexity index is 616. The highest BCUT2D eigenvalue weighted by Crippen LogP contribution is 2.28. The Morgan fingerprint density at radius 2 is 1.84 bits per heavy atom. The molecular formula is C13H14N4O2. The molecule has 0 atom stereocenters. The number of ether oxygens (including phenoxy) is 2. The topological polar surface area (TPSA) is 83.2 Å². The Labute approximate surface area is 110 Å². The second-order valence-corrected chi connectivity index (χ2v) is 4.35. The molecule has 0 saturated heterocycles. The smallest absolute Gasteiger partial charge is 0.330 e. The van der Waals surface area contributed by atoms with E-state index in [1.54, 1.807) is 0 Å². The number of nitrogens with two attached hydrogens (primary N) is 1. The number of anilines is 1. The summed E-state index contributed by atoms with van der Waals surface area (Å²) in [6, 6.07) is 6.30. The molecule has 2 aromatic rings. The number of nitrogens with zero attached hydrogens (tertiary/aromatic N) is 3. The van der Waals surface area contributed by atoms with Crippen molar-refractivity contribution >= 4 is 5.95 Å². The molecule has 1 aliphatic rings. The first-order valence-electron chi connectivity index (χ1n) is 6.10. The molecule has 0 aliphatic heterocycles. The van der Waals surface area contributed by atoms with Crippen LogP contribution >= 0.6 is 0 Å². The Morgan fingerprint density at radius 1 is 1.05 bits per heavy atom. The van der Waals surface area contributed by atoms with Gasteiger partial charge in [0.1, 0.15) is 5.75 Å². The quantitative estimate of drug-likeness (QED) is 0.902. The number of aryl methyl sites for hydroxylation is 2. The number of hydrogen-bond donors (Lipinski definition) is 1. The Morgan fingerprint density at radius 3 is 2.68 bits per heavy atom. The molecular weight excluding hydrogens is 244 g/mol. The number of benzene rings is 1. The van der Waals surface area contributed by atoms with Gasteiger partial charge in [-0.1, -0.05) is 6.07 Å². The molecule has 98 valence electrons. The standard InChI is InChI=1S/C13H14N4O2/c1-18-12-15-11(14)16-13(17-12)19-10-6-5-8-3-2-4-9(8)7-10/h5-7H,2-4H2,1H3,(H2,14,15,16,17). The molecule has 6 nitrogen and oxygen atoms in total. The first kappa shape index (κ1) is 11.7. The maximum absolute atomic E-state index is 5.60. The summed E-state index contributed by atoms with van der Waals surface area (Å²) in [5, 5.41) is 0. The summed E-state index contributed by atoms with van der Waals surface area (Å²) in [6.07, 6.45) is 3.43. The molecule has 6 heteroatoms. The summed E-state index contributed by atoms with van der Waals surface area (Å²) >= 11 is 0. The average Bonchev–Trinajstić information content (AvgIpc) is 2.85. The third kappa shape index (κ3) is 2.42.